The smallest absolute Gasteiger partial charge is 0.165 e. The summed E-state index contributed by atoms with van der Waals surface area (Å²) in [5.41, 5.74) is 10.4. The first-order valence-corrected chi connectivity index (χ1v) is 7.06. The Morgan fingerprint density at radius 3 is 2.71 bits per heavy atom. The Morgan fingerprint density at radius 1 is 1.14 bits per heavy atom. The van der Waals surface area contributed by atoms with Gasteiger partial charge in [0.15, 0.2) is 11.5 Å². The second kappa shape index (κ2) is 5.56. The average molecular weight is 284 g/mol. The third kappa shape index (κ3) is 2.49. The summed E-state index contributed by atoms with van der Waals surface area (Å²) in [7, 11) is 3.29. The number of nitrogen functional groups attached to an aromatic ring is 1. The number of methoxy groups -OCH3 is 2. The first-order chi connectivity index (χ1) is 10.2. The number of hydrogen-bond acceptors (Lipinski definition) is 4. The lowest BCUT2D eigenvalue weighted by atomic mass is 10.1. The summed E-state index contributed by atoms with van der Waals surface area (Å²) >= 11 is 0. The van der Waals surface area contributed by atoms with E-state index in [2.05, 4.69) is 29.2 Å². The number of nitrogens with two attached hydrogens (primary N) is 1. The molecule has 0 aromatic heterocycles. The Labute approximate surface area is 125 Å². The largest absolute Gasteiger partial charge is 0.493 e. The predicted octanol–water partition coefficient (Wildman–Crippen LogP) is 2.85. The summed E-state index contributed by atoms with van der Waals surface area (Å²) < 4.78 is 10.9. The maximum Gasteiger partial charge on any atom is 0.165 e. The Morgan fingerprint density at radius 2 is 1.95 bits per heavy atom. The van der Waals surface area contributed by atoms with Crippen LogP contribution in [0.5, 0.6) is 11.5 Å². The molecule has 2 N–H and O–H groups in total. The van der Waals surface area contributed by atoms with E-state index in [1.807, 2.05) is 6.07 Å². The molecule has 4 heteroatoms. The number of anilines is 2. The van der Waals surface area contributed by atoms with Crippen LogP contribution in [-0.4, -0.2) is 20.8 Å². The van der Waals surface area contributed by atoms with Crippen LogP contribution in [0.25, 0.3) is 0 Å². The Bertz CT molecular complexity index is 655. The molecule has 21 heavy (non-hydrogen) atoms. The predicted molar refractivity (Wildman–Crippen MR) is 85.2 cm³/mol. The van der Waals surface area contributed by atoms with Crippen molar-refractivity contribution in [2.75, 3.05) is 31.4 Å². The normalized spacial score (nSPS) is 13.1. The van der Waals surface area contributed by atoms with E-state index in [1.165, 1.54) is 11.3 Å². The number of nitrogens with zero attached hydrogens (tertiary/aromatic N) is 1. The summed E-state index contributed by atoms with van der Waals surface area (Å²) in [5.74, 6) is 1.44. The highest BCUT2D eigenvalue weighted by Gasteiger charge is 2.21. The van der Waals surface area contributed by atoms with Crippen LogP contribution in [0.1, 0.15) is 11.1 Å². The first kappa shape index (κ1) is 13.6. The maximum atomic E-state index is 5.97. The lowest BCUT2D eigenvalue weighted by molar-refractivity contribution is 0.352. The van der Waals surface area contributed by atoms with Gasteiger partial charge < -0.3 is 20.1 Å². The molecule has 0 spiro atoms. The van der Waals surface area contributed by atoms with Crippen LogP contribution < -0.4 is 20.1 Å². The molecule has 1 aliphatic heterocycles. The quantitative estimate of drug-likeness (QED) is 0.877. The monoisotopic (exact) mass is 284 g/mol. The second-order valence-electron chi connectivity index (χ2n) is 5.22. The fourth-order valence-electron chi connectivity index (χ4n) is 2.96. The van der Waals surface area contributed by atoms with Crippen LogP contribution in [-0.2, 0) is 13.0 Å². The lowest BCUT2D eigenvalue weighted by Crippen LogP contribution is -2.20. The van der Waals surface area contributed by atoms with E-state index < -0.39 is 0 Å². The van der Waals surface area contributed by atoms with Gasteiger partial charge in [0.25, 0.3) is 0 Å². The van der Waals surface area contributed by atoms with Gasteiger partial charge >= 0.3 is 0 Å². The van der Waals surface area contributed by atoms with Crippen LogP contribution >= 0.6 is 0 Å². The minimum absolute atomic E-state index is 0.681. The van der Waals surface area contributed by atoms with E-state index in [0.717, 1.165) is 30.8 Å². The first-order valence-electron chi connectivity index (χ1n) is 7.06. The number of hydrogen-bond donors (Lipinski definition) is 1. The molecule has 0 saturated carbocycles. The van der Waals surface area contributed by atoms with Gasteiger partial charge in [-0.3, -0.25) is 0 Å². The molecule has 110 valence electrons. The van der Waals surface area contributed by atoms with Crippen molar-refractivity contribution in [3.05, 3.63) is 47.5 Å². The molecule has 0 bridgehead atoms. The van der Waals surface area contributed by atoms with Gasteiger partial charge in [0, 0.05) is 36.1 Å². The van der Waals surface area contributed by atoms with E-state index in [-0.39, 0.29) is 0 Å². The zero-order valence-electron chi connectivity index (χ0n) is 12.4. The average Bonchev–Trinajstić information content (AvgIpc) is 2.90. The number of para-hydroxylation sites is 1. The van der Waals surface area contributed by atoms with Crippen LogP contribution in [0.3, 0.4) is 0 Å². The number of fused-ring (bicyclic) bond motifs is 1. The topological polar surface area (TPSA) is 47.7 Å². The lowest BCUT2D eigenvalue weighted by Gasteiger charge is -2.22. The molecule has 0 aliphatic carbocycles. The van der Waals surface area contributed by atoms with E-state index in [1.54, 1.807) is 20.3 Å². The molecule has 3 rings (SSSR count). The van der Waals surface area contributed by atoms with Crippen molar-refractivity contribution in [1.29, 1.82) is 0 Å². The Kier molecular flexibility index (Phi) is 3.60. The molecule has 0 atom stereocenters. The minimum atomic E-state index is 0.681. The van der Waals surface area contributed by atoms with Crippen molar-refractivity contribution in [3.63, 3.8) is 0 Å². The number of rotatable bonds is 4. The third-order valence-corrected chi connectivity index (χ3v) is 3.92. The fourth-order valence-corrected chi connectivity index (χ4v) is 2.96. The zero-order valence-corrected chi connectivity index (χ0v) is 12.4. The maximum absolute atomic E-state index is 5.97. The van der Waals surface area contributed by atoms with E-state index in [9.17, 15) is 0 Å². The van der Waals surface area contributed by atoms with Crippen molar-refractivity contribution < 1.29 is 9.47 Å². The highest BCUT2D eigenvalue weighted by Crippen LogP contribution is 2.36. The molecule has 0 radical (unpaired) electrons. The Hall–Kier alpha value is -2.36. The van der Waals surface area contributed by atoms with Gasteiger partial charge in [-0.05, 0) is 24.1 Å². The molecule has 2 aromatic rings. The highest BCUT2D eigenvalue weighted by atomic mass is 16.5. The van der Waals surface area contributed by atoms with Gasteiger partial charge in [0.05, 0.1) is 14.2 Å². The molecular formula is C17H20N2O2. The van der Waals surface area contributed by atoms with Crippen molar-refractivity contribution in [3.8, 4) is 11.5 Å². The molecule has 0 amide bonds. The summed E-state index contributed by atoms with van der Waals surface area (Å²) in [6, 6.07) is 12.3. The summed E-state index contributed by atoms with van der Waals surface area (Å²) in [5, 5.41) is 0. The van der Waals surface area contributed by atoms with Gasteiger partial charge in [-0.2, -0.15) is 0 Å². The van der Waals surface area contributed by atoms with Crippen LogP contribution in [0, 0.1) is 0 Å². The van der Waals surface area contributed by atoms with Crippen molar-refractivity contribution in [1.82, 2.24) is 0 Å². The molecular weight excluding hydrogens is 264 g/mol. The van der Waals surface area contributed by atoms with Crippen LogP contribution in [0.15, 0.2) is 36.4 Å². The van der Waals surface area contributed by atoms with E-state index in [0.29, 0.717) is 11.4 Å². The molecule has 2 aromatic carbocycles. The molecule has 0 saturated heterocycles. The van der Waals surface area contributed by atoms with Crippen molar-refractivity contribution >= 4 is 11.4 Å². The van der Waals surface area contributed by atoms with Gasteiger partial charge in [-0.15, -0.1) is 0 Å². The Balaban J connectivity index is 1.94. The van der Waals surface area contributed by atoms with Gasteiger partial charge in [0.1, 0.15) is 0 Å². The molecule has 4 nitrogen and oxygen atoms in total. The SMILES string of the molecule is COc1cc(N)cc(CN2CCc3ccccc32)c1OC. The number of ether oxygens (including phenoxy) is 2. The highest BCUT2D eigenvalue weighted by molar-refractivity contribution is 5.61. The fraction of sp³-hybridized carbons (Fsp3) is 0.294. The van der Waals surface area contributed by atoms with E-state index in [4.69, 9.17) is 15.2 Å². The van der Waals surface area contributed by atoms with E-state index >= 15 is 0 Å². The molecule has 0 fully saturated rings. The van der Waals surface area contributed by atoms with Crippen molar-refractivity contribution in [2.45, 2.75) is 13.0 Å². The van der Waals surface area contributed by atoms with Crippen molar-refractivity contribution in [2.24, 2.45) is 0 Å². The summed E-state index contributed by atoms with van der Waals surface area (Å²) in [6.07, 6.45) is 1.08. The zero-order chi connectivity index (χ0) is 14.8. The minimum Gasteiger partial charge on any atom is -0.493 e. The van der Waals surface area contributed by atoms with Gasteiger partial charge in [-0.25, -0.2) is 0 Å². The van der Waals surface area contributed by atoms with Gasteiger partial charge in [-0.1, -0.05) is 18.2 Å². The van der Waals surface area contributed by atoms with Crippen LogP contribution in [0.2, 0.25) is 0 Å². The summed E-state index contributed by atoms with van der Waals surface area (Å²) in [6.45, 7) is 1.78. The number of benzene rings is 2. The van der Waals surface area contributed by atoms with Crippen LogP contribution in [0.4, 0.5) is 11.4 Å². The third-order valence-electron chi connectivity index (χ3n) is 3.92. The second-order valence-corrected chi connectivity index (χ2v) is 5.22. The summed E-state index contributed by atoms with van der Waals surface area (Å²) in [4.78, 5) is 2.35. The standard InChI is InChI=1S/C17H20N2O2/c1-20-16-10-14(18)9-13(17(16)21-2)11-19-8-7-12-5-3-4-6-15(12)19/h3-6,9-10H,7-8,11,18H2,1-2H3. The molecule has 1 heterocycles. The molecule has 0 unspecified atom stereocenters. The van der Waals surface area contributed by atoms with Gasteiger partial charge in [0.2, 0.25) is 0 Å². The molecule has 1 aliphatic rings.